The average Bonchev–Trinajstić information content (AvgIpc) is 2.24. The number of nitrogens with one attached hydrogen (secondary N) is 1. The second-order valence-electron chi connectivity index (χ2n) is 5.42. The van der Waals surface area contributed by atoms with E-state index in [0.29, 0.717) is 10.8 Å². The fourth-order valence-corrected chi connectivity index (χ4v) is 2.59. The molecule has 0 aliphatic heterocycles. The van der Waals surface area contributed by atoms with Crippen LogP contribution >= 0.6 is 11.6 Å². The van der Waals surface area contributed by atoms with Crippen LogP contribution in [0.4, 0.5) is 10.2 Å². The highest BCUT2D eigenvalue weighted by atomic mass is 35.5. The zero-order valence-corrected chi connectivity index (χ0v) is 11.0. The molecule has 1 aliphatic carbocycles. The molecule has 1 heterocycles. The second-order valence-corrected chi connectivity index (χ2v) is 5.85. The maximum atomic E-state index is 13.6. The summed E-state index contributed by atoms with van der Waals surface area (Å²) in [5.41, 5.74) is 0.187. The summed E-state index contributed by atoms with van der Waals surface area (Å²) in [5, 5.41) is 3.55. The van der Waals surface area contributed by atoms with E-state index in [2.05, 4.69) is 24.1 Å². The molecule has 1 fully saturated rings. The molecule has 0 saturated heterocycles. The van der Waals surface area contributed by atoms with Crippen LogP contribution in [0.1, 0.15) is 39.5 Å². The minimum atomic E-state index is -0.376. The van der Waals surface area contributed by atoms with Crippen LogP contribution < -0.4 is 5.32 Å². The van der Waals surface area contributed by atoms with E-state index in [0.717, 1.165) is 6.42 Å². The molecule has 4 heteroatoms. The molecule has 1 aliphatic rings. The Hall–Kier alpha value is -0.830. The minimum absolute atomic E-state index is 0.187. The van der Waals surface area contributed by atoms with Crippen LogP contribution in [-0.2, 0) is 0 Å². The molecule has 1 atom stereocenters. The van der Waals surface area contributed by atoms with Crippen molar-refractivity contribution in [3.05, 3.63) is 23.1 Å². The highest BCUT2D eigenvalue weighted by Gasteiger charge is 2.32. The smallest absolute Gasteiger partial charge is 0.166 e. The predicted molar refractivity (Wildman–Crippen MR) is 68.9 cm³/mol. The lowest BCUT2D eigenvalue weighted by Crippen LogP contribution is -2.39. The monoisotopic (exact) mass is 256 g/mol. The summed E-state index contributed by atoms with van der Waals surface area (Å²) in [6, 6.07) is 1.58. The van der Waals surface area contributed by atoms with Crippen LogP contribution in [0, 0.1) is 11.2 Å². The Morgan fingerprint density at radius 2 is 2.24 bits per heavy atom. The zero-order chi connectivity index (χ0) is 12.5. The first kappa shape index (κ1) is 12.6. The van der Waals surface area contributed by atoms with Crippen LogP contribution in [0.15, 0.2) is 12.3 Å². The van der Waals surface area contributed by atoms with Gasteiger partial charge in [-0.3, -0.25) is 0 Å². The van der Waals surface area contributed by atoms with E-state index in [1.165, 1.54) is 31.5 Å². The lowest BCUT2D eigenvalue weighted by molar-refractivity contribution is 0.216. The van der Waals surface area contributed by atoms with E-state index < -0.39 is 0 Å². The Morgan fingerprint density at radius 1 is 1.47 bits per heavy atom. The van der Waals surface area contributed by atoms with Gasteiger partial charge in [0, 0.05) is 12.2 Å². The molecule has 0 amide bonds. The number of hydrogen-bond donors (Lipinski definition) is 1. The van der Waals surface area contributed by atoms with Gasteiger partial charge in [0.05, 0.1) is 5.02 Å². The molecular weight excluding hydrogens is 239 g/mol. The Kier molecular flexibility index (Phi) is 3.57. The summed E-state index contributed by atoms with van der Waals surface area (Å²) in [6.45, 7) is 4.44. The van der Waals surface area contributed by atoms with Crippen molar-refractivity contribution in [1.82, 2.24) is 4.98 Å². The summed E-state index contributed by atoms with van der Waals surface area (Å²) >= 11 is 5.69. The fourth-order valence-electron chi connectivity index (χ4n) is 2.45. The second kappa shape index (κ2) is 4.81. The van der Waals surface area contributed by atoms with Gasteiger partial charge >= 0.3 is 0 Å². The number of rotatable bonds is 2. The normalized spacial score (nSPS) is 23.4. The standard InChI is InChI=1S/C13H18ClFN2/c1-13(2)6-4-3-5-11(13)17-12-10(15)7-9(14)8-16-12/h7-8,11H,3-6H2,1-2H3,(H,16,17). The number of halogens is 2. The van der Waals surface area contributed by atoms with Crippen molar-refractivity contribution in [2.75, 3.05) is 5.32 Å². The molecule has 2 nitrogen and oxygen atoms in total. The molecule has 17 heavy (non-hydrogen) atoms. The summed E-state index contributed by atoms with van der Waals surface area (Å²) in [4.78, 5) is 4.02. The first-order valence-electron chi connectivity index (χ1n) is 6.06. The first-order chi connectivity index (χ1) is 7.99. The highest BCUT2D eigenvalue weighted by molar-refractivity contribution is 6.30. The van der Waals surface area contributed by atoms with Gasteiger partial charge in [-0.1, -0.05) is 38.3 Å². The van der Waals surface area contributed by atoms with E-state index >= 15 is 0 Å². The van der Waals surface area contributed by atoms with Gasteiger partial charge in [0.25, 0.3) is 0 Å². The molecular formula is C13H18ClFN2. The molecule has 2 rings (SSSR count). The van der Waals surface area contributed by atoms with Crippen LogP contribution in [0.2, 0.25) is 5.02 Å². The van der Waals surface area contributed by atoms with Crippen molar-refractivity contribution in [3.8, 4) is 0 Å². The zero-order valence-electron chi connectivity index (χ0n) is 10.3. The fraction of sp³-hybridized carbons (Fsp3) is 0.615. The molecule has 1 unspecified atom stereocenters. The molecule has 1 aromatic rings. The third-order valence-electron chi connectivity index (χ3n) is 3.63. The Bertz CT molecular complexity index is 406. The minimum Gasteiger partial charge on any atom is -0.364 e. The van der Waals surface area contributed by atoms with Gasteiger partial charge in [-0.05, 0) is 24.3 Å². The Morgan fingerprint density at radius 3 is 2.88 bits per heavy atom. The van der Waals surface area contributed by atoms with Gasteiger partial charge in [-0.2, -0.15) is 0 Å². The largest absolute Gasteiger partial charge is 0.364 e. The number of nitrogens with zero attached hydrogens (tertiary/aromatic N) is 1. The third kappa shape index (κ3) is 2.89. The van der Waals surface area contributed by atoms with Crippen molar-refractivity contribution in [1.29, 1.82) is 0 Å². The van der Waals surface area contributed by atoms with Crippen molar-refractivity contribution in [2.24, 2.45) is 5.41 Å². The van der Waals surface area contributed by atoms with E-state index in [1.807, 2.05) is 0 Å². The summed E-state index contributed by atoms with van der Waals surface area (Å²) in [7, 11) is 0. The van der Waals surface area contributed by atoms with Gasteiger partial charge in [0.1, 0.15) is 0 Å². The highest BCUT2D eigenvalue weighted by Crippen LogP contribution is 2.37. The maximum Gasteiger partial charge on any atom is 0.166 e. The summed E-state index contributed by atoms with van der Waals surface area (Å²) in [5.74, 6) is -0.0618. The third-order valence-corrected chi connectivity index (χ3v) is 3.83. The Balaban J connectivity index is 2.14. The van der Waals surface area contributed by atoms with E-state index in [-0.39, 0.29) is 17.3 Å². The molecule has 0 radical (unpaired) electrons. The molecule has 0 spiro atoms. The first-order valence-corrected chi connectivity index (χ1v) is 6.44. The quantitative estimate of drug-likeness (QED) is 0.855. The van der Waals surface area contributed by atoms with Crippen LogP contribution in [0.3, 0.4) is 0 Å². The molecule has 0 bridgehead atoms. The lowest BCUT2D eigenvalue weighted by Gasteiger charge is -2.39. The number of hydrogen-bond acceptors (Lipinski definition) is 2. The van der Waals surface area contributed by atoms with E-state index in [1.54, 1.807) is 0 Å². The van der Waals surface area contributed by atoms with Crippen molar-refractivity contribution >= 4 is 17.4 Å². The van der Waals surface area contributed by atoms with Gasteiger partial charge in [0.15, 0.2) is 11.6 Å². The van der Waals surface area contributed by atoms with Crippen molar-refractivity contribution in [2.45, 2.75) is 45.6 Å². The van der Waals surface area contributed by atoms with Gasteiger partial charge in [-0.15, -0.1) is 0 Å². The van der Waals surface area contributed by atoms with Gasteiger partial charge < -0.3 is 5.32 Å². The summed E-state index contributed by atoms with van der Waals surface area (Å²) < 4.78 is 13.6. The summed E-state index contributed by atoms with van der Waals surface area (Å²) in [6.07, 6.45) is 6.15. The van der Waals surface area contributed by atoms with E-state index in [9.17, 15) is 4.39 Å². The number of aromatic nitrogens is 1. The molecule has 1 N–H and O–H groups in total. The predicted octanol–water partition coefficient (Wildman–Crippen LogP) is 4.25. The Labute approximate surface area is 107 Å². The van der Waals surface area contributed by atoms with Gasteiger partial charge in [0.2, 0.25) is 0 Å². The van der Waals surface area contributed by atoms with Crippen LogP contribution in [0.25, 0.3) is 0 Å². The van der Waals surface area contributed by atoms with Crippen LogP contribution in [-0.4, -0.2) is 11.0 Å². The SMILES string of the molecule is CC1(C)CCCCC1Nc1ncc(Cl)cc1F. The van der Waals surface area contributed by atoms with Crippen molar-refractivity contribution in [3.63, 3.8) is 0 Å². The maximum absolute atomic E-state index is 13.6. The average molecular weight is 257 g/mol. The van der Waals surface area contributed by atoms with Gasteiger partial charge in [-0.25, -0.2) is 9.37 Å². The molecule has 0 aromatic carbocycles. The molecule has 94 valence electrons. The van der Waals surface area contributed by atoms with E-state index in [4.69, 9.17) is 11.6 Å². The van der Waals surface area contributed by atoms with Crippen LogP contribution in [0.5, 0.6) is 0 Å². The molecule has 1 saturated carbocycles. The topological polar surface area (TPSA) is 24.9 Å². The van der Waals surface area contributed by atoms with Crippen molar-refractivity contribution < 1.29 is 4.39 Å². The lowest BCUT2D eigenvalue weighted by atomic mass is 9.73. The number of pyridine rings is 1. The molecule has 1 aromatic heterocycles. The number of anilines is 1.